The minimum Gasteiger partial charge on any atom is -0.494 e. The summed E-state index contributed by atoms with van der Waals surface area (Å²) >= 11 is 0. The lowest BCUT2D eigenvalue weighted by molar-refractivity contribution is 0.103. The molecule has 0 aromatic heterocycles. The van der Waals surface area contributed by atoms with Crippen LogP contribution >= 0.6 is 0 Å². The molecule has 3 heteroatoms. The molecule has 0 saturated carbocycles. The SMILES string of the molecule is C/C=C/c1ccc(C(=O)c2ccc(OCCCCCCOC)cc2)cc1. The maximum atomic E-state index is 12.5. The Kier molecular flexibility index (Phi) is 8.64. The zero-order chi connectivity index (χ0) is 18.6. The molecule has 0 aliphatic carbocycles. The summed E-state index contributed by atoms with van der Waals surface area (Å²) in [6, 6.07) is 15.0. The Hall–Kier alpha value is -2.39. The lowest BCUT2D eigenvalue weighted by atomic mass is 10.0. The van der Waals surface area contributed by atoms with Crippen LogP contribution in [-0.4, -0.2) is 26.1 Å². The predicted molar refractivity (Wildman–Crippen MR) is 107 cm³/mol. The van der Waals surface area contributed by atoms with Gasteiger partial charge >= 0.3 is 0 Å². The molecule has 2 aromatic carbocycles. The molecule has 0 bridgehead atoms. The van der Waals surface area contributed by atoms with Gasteiger partial charge in [-0.1, -0.05) is 42.8 Å². The van der Waals surface area contributed by atoms with E-state index in [1.807, 2.05) is 67.6 Å². The third-order valence-corrected chi connectivity index (χ3v) is 4.16. The molecule has 0 saturated heterocycles. The maximum absolute atomic E-state index is 12.5. The van der Waals surface area contributed by atoms with Crippen molar-refractivity contribution < 1.29 is 14.3 Å². The van der Waals surface area contributed by atoms with Crippen LogP contribution < -0.4 is 4.74 Å². The van der Waals surface area contributed by atoms with Crippen LogP contribution in [0, 0.1) is 0 Å². The lowest BCUT2D eigenvalue weighted by Crippen LogP contribution is -2.02. The van der Waals surface area contributed by atoms with Crippen LogP contribution in [0.15, 0.2) is 54.6 Å². The first-order valence-corrected chi connectivity index (χ1v) is 9.24. The Morgan fingerprint density at radius 3 is 2.00 bits per heavy atom. The van der Waals surface area contributed by atoms with Crippen molar-refractivity contribution in [2.75, 3.05) is 20.3 Å². The van der Waals surface area contributed by atoms with E-state index in [-0.39, 0.29) is 5.78 Å². The molecule has 0 amide bonds. The summed E-state index contributed by atoms with van der Waals surface area (Å²) < 4.78 is 10.8. The fourth-order valence-electron chi connectivity index (χ4n) is 2.70. The largest absolute Gasteiger partial charge is 0.494 e. The van der Waals surface area contributed by atoms with Crippen molar-refractivity contribution in [3.05, 3.63) is 71.3 Å². The highest BCUT2D eigenvalue weighted by molar-refractivity contribution is 6.09. The van der Waals surface area contributed by atoms with Crippen LogP contribution in [0.2, 0.25) is 0 Å². The van der Waals surface area contributed by atoms with E-state index < -0.39 is 0 Å². The second-order valence-corrected chi connectivity index (χ2v) is 6.23. The summed E-state index contributed by atoms with van der Waals surface area (Å²) in [6.45, 7) is 3.51. The number of carbonyl (C=O) groups is 1. The molecular weight excluding hydrogens is 324 g/mol. The normalized spacial score (nSPS) is 11.0. The molecule has 0 fully saturated rings. The van der Waals surface area contributed by atoms with Gasteiger partial charge in [-0.05, 0) is 56.0 Å². The van der Waals surface area contributed by atoms with E-state index in [9.17, 15) is 4.79 Å². The highest BCUT2D eigenvalue weighted by Gasteiger charge is 2.08. The summed E-state index contributed by atoms with van der Waals surface area (Å²) in [5, 5.41) is 0. The van der Waals surface area contributed by atoms with Gasteiger partial charge in [0.25, 0.3) is 0 Å². The fourth-order valence-corrected chi connectivity index (χ4v) is 2.70. The van der Waals surface area contributed by atoms with Gasteiger partial charge in [0, 0.05) is 24.8 Å². The minimum atomic E-state index is 0.0294. The van der Waals surface area contributed by atoms with Gasteiger partial charge < -0.3 is 9.47 Å². The monoisotopic (exact) mass is 352 g/mol. The quantitative estimate of drug-likeness (QED) is 0.394. The van der Waals surface area contributed by atoms with Crippen LogP contribution in [0.1, 0.15) is 54.1 Å². The first kappa shape index (κ1) is 19.9. The van der Waals surface area contributed by atoms with Gasteiger partial charge in [0.2, 0.25) is 0 Å². The summed E-state index contributed by atoms with van der Waals surface area (Å²) in [5.41, 5.74) is 2.47. The number of ketones is 1. The van der Waals surface area contributed by atoms with Crippen LogP contribution in [0.3, 0.4) is 0 Å². The zero-order valence-electron chi connectivity index (χ0n) is 15.7. The molecule has 26 heavy (non-hydrogen) atoms. The highest BCUT2D eigenvalue weighted by Crippen LogP contribution is 2.17. The number of allylic oxidation sites excluding steroid dienone is 1. The smallest absolute Gasteiger partial charge is 0.193 e. The highest BCUT2D eigenvalue weighted by atomic mass is 16.5. The lowest BCUT2D eigenvalue weighted by Gasteiger charge is -2.07. The van der Waals surface area contributed by atoms with E-state index in [0.29, 0.717) is 17.7 Å². The van der Waals surface area contributed by atoms with Gasteiger partial charge in [0.1, 0.15) is 5.75 Å². The van der Waals surface area contributed by atoms with Crippen molar-refractivity contribution in [2.45, 2.75) is 32.6 Å². The number of unbranched alkanes of at least 4 members (excludes halogenated alkanes) is 3. The van der Waals surface area contributed by atoms with Crippen LogP contribution in [0.25, 0.3) is 6.08 Å². The van der Waals surface area contributed by atoms with Gasteiger partial charge in [-0.25, -0.2) is 0 Å². The van der Waals surface area contributed by atoms with Crippen LogP contribution in [-0.2, 0) is 4.74 Å². The Bertz CT molecular complexity index is 684. The van der Waals surface area contributed by atoms with Crippen LogP contribution in [0.4, 0.5) is 0 Å². The van der Waals surface area contributed by atoms with Crippen LogP contribution in [0.5, 0.6) is 5.75 Å². The van der Waals surface area contributed by atoms with Gasteiger partial charge in [0.15, 0.2) is 5.78 Å². The van der Waals surface area contributed by atoms with E-state index in [0.717, 1.165) is 43.6 Å². The Labute approximate surface area is 156 Å². The van der Waals surface area contributed by atoms with Crippen molar-refractivity contribution in [3.63, 3.8) is 0 Å². The standard InChI is InChI=1S/C23H28O3/c1-3-8-19-9-11-20(12-10-19)23(24)21-13-15-22(16-14-21)26-18-7-5-4-6-17-25-2/h3,8-16H,4-7,17-18H2,1-2H3/b8-3+. The summed E-state index contributed by atoms with van der Waals surface area (Å²) in [4.78, 5) is 12.5. The Morgan fingerprint density at radius 2 is 1.42 bits per heavy atom. The third-order valence-electron chi connectivity index (χ3n) is 4.16. The molecule has 0 aliphatic heterocycles. The number of methoxy groups -OCH3 is 1. The predicted octanol–water partition coefficient (Wildman–Crippen LogP) is 5.54. The minimum absolute atomic E-state index is 0.0294. The molecule has 0 radical (unpaired) electrons. The van der Waals surface area contributed by atoms with Crippen molar-refractivity contribution in [2.24, 2.45) is 0 Å². The second kappa shape index (κ2) is 11.3. The van der Waals surface area contributed by atoms with E-state index in [4.69, 9.17) is 9.47 Å². The number of ether oxygens (including phenoxy) is 2. The molecular formula is C23H28O3. The van der Waals surface area contributed by atoms with E-state index in [1.54, 1.807) is 7.11 Å². The number of rotatable bonds is 11. The molecule has 2 rings (SSSR count). The molecule has 0 N–H and O–H groups in total. The topological polar surface area (TPSA) is 35.5 Å². The molecule has 138 valence electrons. The van der Waals surface area contributed by atoms with Crippen molar-refractivity contribution in [1.29, 1.82) is 0 Å². The molecule has 0 aliphatic rings. The zero-order valence-corrected chi connectivity index (χ0v) is 15.7. The Balaban J connectivity index is 1.81. The number of hydrogen-bond acceptors (Lipinski definition) is 3. The summed E-state index contributed by atoms with van der Waals surface area (Å²) in [7, 11) is 1.73. The first-order valence-electron chi connectivity index (χ1n) is 9.24. The van der Waals surface area contributed by atoms with Gasteiger partial charge in [-0.3, -0.25) is 4.79 Å². The van der Waals surface area contributed by atoms with E-state index in [1.165, 1.54) is 0 Å². The number of carbonyl (C=O) groups excluding carboxylic acids is 1. The van der Waals surface area contributed by atoms with E-state index in [2.05, 4.69) is 0 Å². The van der Waals surface area contributed by atoms with Crippen molar-refractivity contribution in [3.8, 4) is 5.75 Å². The molecule has 2 aromatic rings. The van der Waals surface area contributed by atoms with E-state index >= 15 is 0 Å². The molecule has 0 atom stereocenters. The second-order valence-electron chi connectivity index (χ2n) is 6.23. The third kappa shape index (κ3) is 6.49. The van der Waals surface area contributed by atoms with Crippen molar-refractivity contribution >= 4 is 11.9 Å². The average molecular weight is 352 g/mol. The van der Waals surface area contributed by atoms with Gasteiger partial charge in [-0.15, -0.1) is 0 Å². The van der Waals surface area contributed by atoms with Crippen molar-refractivity contribution in [1.82, 2.24) is 0 Å². The van der Waals surface area contributed by atoms with Gasteiger partial charge in [-0.2, -0.15) is 0 Å². The number of hydrogen-bond donors (Lipinski definition) is 0. The average Bonchev–Trinajstić information content (AvgIpc) is 2.68. The molecule has 3 nitrogen and oxygen atoms in total. The summed E-state index contributed by atoms with van der Waals surface area (Å²) in [5.74, 6) is 0.837. The summed E-state index contributed by atoms with van der Waals surface area (Å²) in [6.07, 6.45) is 8.43. The maximum Gasteiger partial charge on any atom is 0.193 e. The molecule has 0 unspecified atom stereocenters. The van der Waals surface area contributed by atoms with Gasteiger partial charge in [0.05, 0.1) is 6.61 Å². The molecule has 0 heterocycles. The fraction of sp³-hybridized carbons (Fsp3) is 0.348. The number of benzene rings is 2. The molecule has 0 spiro atoms. The first-order chi connectivity index (χ1) is 12.7. The Morgan fingerprint density at radius 1 is 0.846 bits per heavy atom.